The molecule has 0 unspecified atom stereocenters. The van der Waals surface area contributed by atoms with E-state index in [4.69, 9.17) is 5.73 Å². The summed E-state index contributed by atoms with van der Waals surface area (Å²) in [6, 6.07) is 24.0. The first kappa shape index (κ1) is 19.0. The smallest absolute Gasteiger partial charge is 0.255 e. The van der Waals surface area contributed by atoms with E-state index in [9.17, 15) is 4.79 Å². The highest BCUT2D eigenvalue weighted by Crippen LogP contribution is 2.21. The Hall–Kier alpha value is -3.37. The predicted octanol–water partition coefficient (Wildman–Crippen LogP) is 4.29. The van der Waals surface area contributed by atoms with Crippen LogP contribution in [0.25, 0.3) is 6.08 Å². The van der Waals surface area contributed by atoms with Gasteiger partial charge < -0.3 is 16.4 Å². The fourth-order valence-electron chi connectivity index (χ4n) is 3.68. The summed E-state index contributed by atoms with van der Waals surface area (Å²) in [6.07, 6.45) is 6.40. The van der Waals surface area contributed by atoms with Crippen molar-refractivity contribution in [3.05, 3.63) is 101 Å². The lowest BCUT2D eigenvalue weighted by atomic mass is 10.1. The van der Waals surface area contributed by atoms with Gasteiger partial charge in [0.15, 0.2) is 0 Å². The van der Waals surface area contributed by atoms with Crippen LogP contribution in [0.15, 0.2) is 78.9 Å². The van der Waals surface area contributed by atoms with Crippen molar-refractivity contribution >= 4 is 23.4 Å². The van der Waals surface area contributed by atoms with Gasteiger partial charge in [0.1, 0.15) is 0 Å². The van der Waals surface area contributed by atoms with Crippen LogP contribution < -0.4 is 16.4 Å². The molecule has 1 amide bonds. The molecule has 4 heteroatoms. The average molecular weight is 383 g/mol. The molecule has 146 valence electrons. The van der Waals surface area contributed by atoms with Gasteiger partial charge in [0.05, 0.1) is 11.4 Å². The van der Waals surface area contributed by atoms with E-state index in [1.54, 1.807) is 12.1 Å². The number of benzene rings is 3. The van der Waals surface area contributed by atoms with Crippen molar-refractivity contribution in [2.24, 2.45) is 0 Å². The Morgan fingerprint density at radius 2 is 1.59 bits per heavy atom. The molecular formula is C25H25N3O. The SMILES string of the molecule is Nc1ccccc1NC(=O)c1ccc(/C=C/CNC2Cc3ccccc3C2)cc1. The number of anilines is 2. The first-order valence-corrected chi connectivity index (χ1v) is 9.91. The zero-order valence-electron chi connectivity index (χ0n) is 16.3. The number of para-hydroxylation sites is 2. The Morgan fingerprint density at radius 1 is 0.931 bits per heavy atom. The van der Waals surface area contributed by atoms with E-state index >= 15 is 0 Å². The molecular weight excluding hydrogens is 358 g/mol. The van der Waals surface area contributed by atoms with E-state index in [0.29, 0.717) is 23.0 Å². The van der Waals surface area contributed by atoms with Crippen molar-refractivity contribution in [1.29, 1.82) is 0 Å². The Balaban J connectivity index is 1.27. The first-order valence-electron chi connectivity index (χ1n) is 9.91. The third kappa shape index (κ3) is 4.73. The maximum atomic E-state index is 12.4. The average Bonchev–Trinajstić information content (AvgIpc) is 3.16. The highest BCUT2D eigenvalue weighted by atomic mass is 16.1. The van der Waals surface area contributed by atoms with Crippen molar-refractivity contribution in [2.45, 2.75) is 18.9 Å². The number of rotatable bonds is 6. The van der Waals surface area contributed by atoms with Crippen LogP contribution in [-0.4, -0.2) is 18.5 Å². The number of carbonyl (C=O) groups is 1. The maximum Gasteiger partial charge on any atom is 0.255 e. The summed E-state index contributed by atoms with van der Waals surface area (Å²) in [5, 5.41) is 6.44. The topological polar surface area (TPSA) is 67.1 Å². The number of hydrogen-bond donors (Lipinski definition) is 3. The zero-order valence-corrected chi connectivity index (χ0v) is 16.3. The van der Waals surface area contributed by atoms with Crippen LogP contribution >= 0.6 is 0 Å². The van der Waals surface area contributed by atoms with Gasteiger partial charge in [-0.05, 0) is 53.8 Å². The molecule has 4 rings (SSSR count). The lowest BCUT2D eigenvalue weighted by Gasteiger charge is -2.09. The number of amides is 1. The molecule has 0 spiro atoms. The van der Waals surface area contributed by atoms with Crippen LogP contribution in [0.1, 0.15) is 27.0 Å². The highest BCUT2D eigenvalue weighted by Gasteiger charge is 2.19. The molecule has 0 heterocycles. The molecule has 0 atom stereocenters. The summed E-state index contributed by atoms with van der Waals surface area (Å²) in [7, 11) is 0. The number of nitrogens with one attached hydrogen (secondary N) is 2. The van der Waals surface area contributed by atoms with Gasteiger partial charge in [-0.15, -0.1) is 0 Å². The highest BCUT2D eigenvalue weighted by molar-refractivity contribution is 6.05. The molecule has 0 radical (unpaired) electrons. The Kier molecular flexibility index (Phi) is 5.73. The minimum atomic E-state index is -0.166. The van der Waals surface area contributed by atoms with Crippen molar-refractivity contribution in [2.75, 3.05) is 17.6 Å². The van der Waals surface area contributed by atoms with E-state index < -0.39 is 0 Å². The lowest BCUT2D eigenvalue weighted by molar-refractivity contribution is 0.102. The van der Waals surface area contributed by atoms with Gasteiger partial charge in [-0.25, -0.2) is 0 Å². The second-order valence-electron chi connectivity index (χ2n) is 7.35. The molecule has 0 aliphatic heterocycles. The van der Waals surface area contributed by atoms with Gasteiger partial charge in [0, 0.05) is 18.2 Å². The monoisotopic (exact) mass is 383 g/mol. The molecule has 3 aromatic rings. The van der Waals surface area contributed by atoms with Crippen molar-refractivity contribution in [3.63, 3.8) is 0 Å². The summed E-state index contributed by atoms with van der Waals surface area (Å²) in [6.45, 7) is 0.828. The minimum Gasteiger partial charge on any atom is -0.397 e. The second kappa shape index (κ2) is 8.76. The minimum absolute atomic E-state index is 0.166. The van der Waals surface area contributed by atoms with Crippen LogP contribution in [0.2, 0.25) is 0 Å². The predicted molar refractivity (Wildman–Crippen MR) is 120 cm³/mol. The molecule has 0 fully saturated rings. The largest absolute Gasteiger partial charge is 0.397 e. The van der Waals surface area contributed by atoms with Crippen molar-refractivity contribution in [3.8, 4) is 0 Å². The molecule has 1 aliphatic carbocycles. The van der Waals surface area contributed by atoms with Gasteiger partial charge >= 0.3 is 0 Å². The summed E-state index contributed by atoms with van der Waals surface area (Å²) >= 11 is 0. The fraction of sp³-hybridized carbons (Fsp3) is 0.160. The second-order valence-corrected chi connectivity index (χ2v) is 7.35. The van der Waals surface area contributed by atoms with Crippen LogP contribution in [-0.2, 0) is 12.8 Å². The summed E-state index contributed by atoms with van der Waals surface area (Å²) < 4.78 is 0. The number of nitrogen functional groups attached to an aromatic ring is 1. The normalized spacial score (nSPS) is 13.5. The Labute approximate surface area is 171 Å². The molecule has 0 saturated heterocycles. The first-order chi connectivity index (χ1) is 14.2. The van der Waals surface area contributed by atoms with Crippen molar-refractivity contribution < 1.29 is 4.79 Å². The third-order valence-corrected chi connectivity index (χ3v) is 5.27. The Morgan fingerprint density at radius 3 is 2.28 bits per heavy atom. The fourth-order valence-corrected chi connectivity index (χ4v) is 3.68. The van der Waals surface area contributed by atoms with E-state index in [1.807, 2.05) is 36.4 Å². The zero-order chi connectivity index (χ0) is 20.1. The van der Waals surface area contributed by atoms with E-state index in [1.165, 1.54) is 11.1 Å². The standard InChI is InChI=1S/C25H25N3O/c26-23-9-3-4-10-24(23)28-25(29)19-13-11-18(12-14-19)6-5-15-27-22-16-20-7-1-2-8-21(20)17-22/h1-14,22,27H,15-17,26H2,(H,28,29)/b6-5+. The molecule has 4 nitrogen and oxygen atoms in total. The quantitative estimate of drug-likeness (QED) is 0.556. The van der Waals surface area contributed by atoms with Crippen molar-refractivity contribution in [1.82, 2.24) is 5.32 Å². The summed E-state index contributed by atoms with van der Waals surface area (Å²) in [5.74, 6) is -0.166. The molecule has 0 bridgehead atoms. The van der Waals surface area contributed by atoms with Crippen LogP contribution in [0.5, 0.6) is 0 Å². The molecule has 1 aliphatic rings. The van der Waals surface area contributed by atoms with Crippen LogP contribution in [0.3, 0.4) is 0 Å². The van der Waals surface area contributed by atoms with Gasteiger partial charge in [0.25, 0.3) is 5.91 Å². The van der Waals surface area contributed by atoms with Gasteiger partial charge in [-0.2, -0.15) is 0 Å². The Bertz CT molecular complexity index is 999. The van der Waals surface area contributed by atoms with Crippen LogP contribution in [0, 0.1) is 0 Å². The molecule has 4 N–H and O–H groups in total. The van der Waals surface area contributed by atoms with E-state index in [2.05, 4.69) is 47.1 Å². The maximum absolute atomic E-state index is 12.4. The molecule has 29 heavy (non-hydrogen) atoms. The van der Waals surface area contributed by atoms with Gasteiger partial charge in [0.2, 0.25) is 0 Å². The van der Waals surface area contributed by atoms with Crippen LogP contribution in [0.4, 0.5) is 11.4 Å². The molecule has 3 aromatic carbocycles. The van der Waals surface area contributed by atoms with Gasteiger partial charge in [-0.3, -0.25) is 4.79 Å². The third-order valence-electron chi connectivity index (χ3n) is 5.27. The number of hydrogen-bond acceptors (Lipinski definition) is 3. The van der Waals surface area contributed by atoms with Gasteiger partial charge in [-0.1, -0.05) is 60.7 Å². The lowest BCUT2D eigenvalue weighted by Crippen LogP contribution is -2.29. The van der Waals surface area contributed by atoms with E-state index in [-0.39, 0.29) is 5.91 Å². The summed E-state index contributed by atoms with van der Waals surface area (Å²) in [4.78, 5) is 12.4. The summed E-state index contributed by atoms with van der Waals surface area (Å²) in [5.41, 5.74) is 11.6. The number of fused-ring (bicyclic) bond motifs is 1. The number of carbonyl (C=O) groups excluding carboxylic acids is 1. The number of nitrogens with two attached hydrogens (primary N) is 1. The molecule has 0 aromatic heterocycles. The molecule has 0 saturated carbocycles. The van der Waals surface area contributed by atoms with E-state index in [0.717, 1.165) is 24.9 Å².